The molecule has 1 saturated carbocycles. The second-order valence-electron chi connectivity index (χ2n) is 6.42. The van der Waals surface area contributed by atoms with Crippen molar-refractivity contribution in [3.8, 4) is 10.4 Å². The number of imide groups is 1. The summed E-state index contributed by atoms with van der Waals surface area (Å²) in [6.45, 7) is 1.64. The summed E-state index contributed by atoms with van der Waals surface area (Å²) in [6, 6.07) is 4.06. The molecule has 0 radical (unpaired) electrons. The molecule has 130 valence electrons. The fourth-order valence-electron chi connectivity index (χ4n) is 3.00. The molecular formula is C18H14N4O2S2. The van der Waals surface area contributed by atoms with E-state index >= 15 is 0 Å². The summed E-state index contributed by atoms with van der Waals surface area (Å²) in [5, 5.41) is 10.5. The zero-order chi connectivity index (χ0) is 17.8. The van der Waals surface area contributed by atoms with Crippen molar-refractivity contribution in [3.05, 3.63) is 40.0 Å². The van der Waals surface area contributed by atoms with Gasteiger partial charge >= 0.3 is 0 Å². The molecule has 3 aromatic heterocycles. The monoisotopic (exact) mass is 382 g/mol. The Kier molecular flexibility index (Phi) is 3.44. The van der Waals surface area contributed by atoms with E-state index in [0.717, 1.165) is 39.3 Å². The van der Waals surface area contributed by atoms with Gasteiger partial charge in [0.15, 0.2) is 0 Å². The van der Waals surface area contributed by atoms with Crippen LogP contribution in [0, 0.1) is 0 Å². The molecule has 0 bridgehead atoms. The Morgan fingerprint density at radius 1 is 1.19 bits per heavy atom. The summed E-state index contributed by atoms with van der Waals surface area (Å²) in [6.07, 6.45) is 2.18. The van der Waals surface area contributed by atoms with Gasteiger partial charge in [-0.25, -0.2) is 9.97 Å². The SMILES string of the molecule is CC1=C(Nc2nc(C3CC3)nc3scc(-c4cccs4)c23)C(=O)NC1=O. The van der Waals surface area contributed by atoms with Crippen molar-refractivity contribution < 1.29 is 9.59 Å². The molecule has 1 aliphatic carbocycles. The molecule has 1 fully saturated rings. The minimum absolute atomic E-state index is 0.264. The molecule has 3 aromatic rings. The Morgan fingerprint density at radius 3 is 2.69 bits per heavy atom. The maximum atomic E-state index is 12.1. The van der Waals surface area contributed by atoms with E-state index in [4.69, 9.17) is 9.97 Å². The Morgan fingerprint density at radius 2 is 2.04 bits per heavy atom. The van der Waals surface area contributed by atoms with E-state index < -0.39 is 5.91 Å². The highest BCUT2D eigenvalue weighted by atomic mass is 32.1. The van der Waals surface area contributed by atoms with E-state index in [1.165, 1.54) is 0 Å². The van der Waals surface area contributed by atoms with Crippen molar-refractivity contribution in [1.82, 2.24) is 15.3 Å². The number of carbonyl (C=O) groups excluding carboxylic acids is 2. The van der Waals surface area contributed by atoms with Crippen LogP contribution in [0.15, 0.2) is 34.2 Å². The Balaban J connectivity index is 1.70. The molecule has 2 amide bonds. The molecule has 2 aliphatic rings. The van der Waals surface area contributed by atoms with E-state index in [2.05, 4.69) is 22.1 Å². The number of nitrogens with one attached hydrogen (secondary N) is 2. The second kappa shape index (κ2) is 5.72. The molecule has 0 atom stereocenters. The first kappa shape index (κ1) is 15.7. The van der Waals surface area contributed by atoms with Gasteiger partial charge in [0, 0.05) is 27.3 Å². The summed E-state index contributed by atoms with van der Waals surface area (Å²) in [4.78, 5) is 35.4. The van der Waals surface area contributed by atoms with E-state index in [-0.39, 0.29) is 11.6 Å². The van der Waals surface area contributed by atoms with Gasteiger partial charge < -0.3 is 5.32 Å². The van der Waals surface area contributed by atoms with Crippen molar-refractivity contribution in [2.45, 2.75) is 25.7 Å². The maximum absolute atomic E-state index is 12.1. The summed E-state index contributed by atoms with van der Waals surface area (Å²) in [5.41, 5.74) is 1.69. The minimum atomic E-state index is -0.417. The van der Waals surface area contributed by atoms with Crippen LogP contribution < -0.4 is 10.6 Å². The molecule has 0 aromatic carbocycles. The van der Waals surface area contributed by atoms with Crippen molar-refractivity contribution in [2.75, 3.05) is 5.32 Å². The molecule has 8 heteroatoms. The number of hydrogen-bond donors (Lipinski definition) is 2. The van der Waals surface area contributed by atoms with Crippen LogP contribution in [-0.2, 0) is 9.59 Å². The van der Waals surface area contributed by atoms with Crippen LogP contribution in [-0.4, -0.2) is 21.8 Å². The second-order valence-corrected chi connectivity index (χ2v) is 8.23. The van der Waals surface area contributed by atoms with Gasteiger partial charge in [0.25, 0.3) is 11.8 Å². The van der Waals surface area contributed by atoms with E-state index in [9.17, 15) is 9.59 Å². The molecule has 0 spiro atoms. The van der Waals surface area contributed by atoms with Crippen LogP contribution in [0.25, 0.3) is 20.7 Å². The zero-order valence-electron chi connectivity index (χ0n) is 13.8. The predicted molar refractivity (Wildman–Crippen MR) is 102 cm³/mol. The number of anilines is 1. The lowest BCUT2D eigenvalue weighted by atomic mass is 10.2. The molecule has 26 heavy (non-hydrogen) atoms. The first-order chi connectivity index (χ1) is 12.6. The summed E-state index contributed by atoms with van der Waals surface area (Å²) >= 11 is 3.23. The van der Waals surface area contributed by atoms with Gasteiger partial charge in [-0.3, -0.25) is 14.9 Å². The molecular weight excluding hydrogens is 368 g/mol. The number of nitrogens with zero attached hydrogens (tertiary/aromatic N) is 2. The topological polar surface area (TPSA) is 84.0 Å². The number of hydrogen-bond acceptors (Lipinski definition) is 7. The number of rotatable bonds is 4. The first-order valence-electron chi connectivity index (χ1n) is 8.28. The Labute approximate surface area is 157 Å². The first-order valence-corrected chi connectivity index (χ1v) is 10.0. The highest BCUT2D eigenvalue weighted by molar-refractivity contribution is 7.18. The molecule has 4 heterocycles. The van der Waals surface area contributed by atoms with Crippen LogP contribution in [0.2, 0.25) is 0 Å². The lowest BCUT2D eigenvalue weighted by Gasteiger charge is -2.10. The van der Waals surface area contributed by atoms with Gasteiger partial charge in [0.05, 0.1) is 5.39 Å². The van der Waals surface area contributed by atoms with Crippen molar-refractivity contribution in [2.24, 2.45) is 0 Å². The molecule has 0 unspecified atom stereocenters. The van der Waals surface area contributed by atoms with Crippen molar-refractivity contribution in [3.63, 3.8) is 0 Å². The van der Waals surface area contributed by atoms with Gasteiger partial charge in [-0.15, -0.1) is 22.7 Å². The lowest BCUT2D eigenvalue weighted by molar-refractivity contribution is -0.124. The normalized spacial score (nSPS) is 17.3. The van der Waals surface area contributed by atoms with Crippen molar-refractivity contribution in [1.29, 1.82) is 0 Å². The standard InChI is InChI=1S/C18H14N4O2S2/c1-8-13(17(24)22-16(8)23)19-15-12-10(11-3-2-6-25-11)7-26-18(12)21-14(20-15)9-4-5-9/h2-3,6-7,9H,4-5H2,1H3,(H2,19,20,21,22,23,24). The maximum Gasteiger partial charge on any atom is 0.275 e. The number of carbonyl (C=O) groups is 2. The Bertz CT molecular complexity index is 1090. The summed E-state index contributed by atoms with van der Waals surface area (Å²) in [7, 11) is 0. The minimum Gasteiger partial charge on any atom is -0.335 e. The van der Waals surface area contributed by atoms with E-state index in [1.54, 1.807) is 29.6 Å². The number of amides is 2. The quantitative estimate of drug-likeness (QED) is 0.673. The number of aromatic nitrogens is 2. The van der Waals surface area contributed by atoms with Crippen LogP contribution in [0.5, 0.6) is 0 Å². The van der Waals surface area contributed by atoms with Crippen molar-refractivity contribution >= 4 is 50.5 Å². The number of thiophene rings is 2. The van der Waals surface area contributed by atoms with Crippen LogP contribution in [0.4, 0.5) is 5.82 Å². The fourth-order valence-corrected chi connectivity index (χ4v) is 4.77. The van der Waals surface area contributed by atoms with Crippen LogP contribution in [0.3, 0.4) is 0 Å². The predicted octanol–water partition coefficient (Wildman–Crippen LogP) is 3.64. The van der Waals surface area contributed by atoms with Gasteiger partial charge in [-0.1, -0.05) is 6.07 Å². The fraction of sp³-hybridized carbons (Fsp3) is 0.222. The molecule has 2 N–H and O–H groups in total. The smallest absolute Gasteiger partial charge is 0.275 e. The largest absolute Gasteiger partial charge is 0.335 e. The molecule has 0 saturated heterocycles. The lowest BCUT2D eigenvalue weighted by Crippen LogP contribution is -2.24. The van der Waals surface area contributed by atoms with Gasteiger partial charge in [0.2, 0.25) is 0 Å². The third-order valence-corrected chi connectivity index (χ3v) is 6.37. The van der Waals surface area contributed by atoms with Gasteiger partial charge in [0.1, 0.15) is 22.2 Å². The van der Waals surface area contributed by atoms with Crippen LogP contribution in [0.1, 0.15) is 31.5 Å². The molecule has 6 nitrogen and oxygen atoms in total. The zero-order valence-corrected chi connectivity index (χ0v) is 15.5. The summed E-state index contributed by atoms with van der Waals surface area (Å²) < 4.78 is 0. The van der Waals surface area contributed by atoms with Crippen LogP contribution >= 0.6 is 22.7 Å². The third kappa shape index (κ3) is 2.45. The van der Waals surface area contributed by atoms with E-state index in [1.807, 2.05) is 11.4 Å². The van der Waals surface area contributed by atoms with Gasteiger partial charge in [-0.05, 0) is 31.2 Å². The summed E-state index contributed by atoms with van der Waals surface area (Å²) in [5.74, 6) is 1.01. The average Bonchev–Trinajstić information content (AvgIpc) is 3.07. The van der Waals surface area contributed by atoms with E-state index in [0.29, 0.717) is 17.3 Å². The average molecular weight is 382 g/mol. The third-order valence-electron chi connectivity index (χ3n) is 4.59. The highest BCUT2D eigenvalue weighted by Crippen LogP contribution is 2.43. The van der Waals surface area contributed by atoms with Gasteiger partial charge in [-0.2, -0.15) is 0 Å². The molecule has 5 rings (SSSR count). The number of fused-ring (bicyclic) bond motifs is 1. The Hall–Kier alpha value is -2.58. The molecule has 1 aliphatic heterocycles. The highest BCUT2D eigenvalue weighted by Gasteiger charge is 2.31.